The number of fused-ring (bicyclic) bond motifs is 1. The highest BCUT2D eigenvalue weighted by Gasteiger charge is 2.28. The van der Waals surface area contributed by atoms with Gasteiger partial charge in [0.2, 0.25) is 5.91 Å². The van der Waals surface area contributed by atoms with Crippen molar-refractivity contribution >= 4 is 34.4 Å². The van der Waals surface area contributed by atoms with E-state index in [1.807, 2.05) is 24.3 Å². The Bertz CT molecular complexity index is 997. The minimum absolute atomic E-state index is 0.0480. The fourth-order valence-corrected chi connectivity index (χ4v) is 3.53. The molecule has 1 aliphatic carbocycles. The molecule has 1 fully saturated rings. The number of amides is 1. The number of anilines is 1. The molecule has 4 rings (SSSR count). The van der Waals surface area contributed by atoms with Crippen molar-refractivity contribution in [1.82, 2.24) is 14.5 Å². The number of benzene rings is 1. The molecule has 0 unspecified atom stereocenters. The van der Waals surface area contributed by atoms with Crippen LogP contribution in [0.4, 0.5) is 5.82 Å². The maximum Gasteiger partial charge on any atom is 0.228 e. The van der Waals surface area contributed by atoms with Gasteiger partial charge >= 0.3 is 0 Å². The first-order valence-corrected chi connectivity index (χ1v) is 9.66. The number of hydrogen-bond acceptors (Lipinski definition) is 3. The first-order chi connectivity index (χ1) is 12.8. The summed E-state index contributed by atoms with van der Waals surface area (Å²) in [7, 11) is 0. The normalized spacial score (nSPS) is 15.0. The molecule has 140 valence electrons. The number of carbonyl (C=O) groups excluding carboxylic acids is 1. The Morgan fingerprint density at radius 3 is 2.48 bits per heavy atom. The molecule has 0 atom stereocenters. The predicted octanol–water partition coefficient (Wildman–Crippen LogP) is 5.25. The van der Waals surface area contributed by atoms with E-state index in [9.17, 15) is 4.79 Å². The first-order valence-electron chi connectivity index (χ1n) is 9.28. The number of carbonyl (C=O) groups is 1. The van der Waals surface area contributed by atoms with E-state index in [-0.39, 0.29) is 17.4 Å². The number of nitrogens with zero attached hydrogens (tertiary/aromatic N) is 3. The summed E-state index contributed by atoms with van der Waals surface area (Å²) in [5.41, 5.74) is 2.65. The molecule has 0 aliphatic heterocycles. The Labute approximate surface area is 163 Å². The van der Waals surface area contributed by atoms with Crippen molar-refractivity contribution in [3.05, 3.63) is 41.8 Å². The zero-order valence-corrected chi connectivity index (χ0v) is 16.5. The third kappa shape index (κ3) is 3.32. The second-order valence-electron chi connectivity index (χ2n) is 8.13. The van der Waals surface area contributed by atoms with Crippen LogP contribution in [-0.4, -0.2) is 20.4 Å². The van der Waals surface area contributed by atoms with Crippen LogP contribution >= 0.6 is 11.6 Å². The van der Waals surface area contributed by atoms with Gasteiger partial charge in [-0.15, -0.1) is 0 Å². The molecule has 5 nitrogen and oxygen atoms in total. The molecule has 1 saturated carbocycles. The lowest BCUT2D eigenvalue weighted by molar-refractivity contribution is -0.122. The summed E-state index contributed by atoms with van der Waals surface area (Å²) in [5, 5.41) is 4.60. The molecule has 0 radical (unpaired) electrons. The van der Waals surface area contributed by atoms with Gasteiger partial charge in [0, 0.05) is 28.2 Å². The van der Waals surface area contributed by atoms with Gasteiger partial charge in [-0.25, -0.2) is 9.97 Å². The Balaban J connectivity index is 1.89. The molecule has 2 aromatic heterocycles. The van der Waals surface area contributed by atoms with E-state index >= 15 is 0 Å². The largest absolute Gasteiger partial charge is 0.326 e. The van der Waals surface area contributed by atoms with E-state index in [1.54, 1.807) is 0 Å². The summed E-state index contributed by atoms with van der Waals surface area (Å²) in [6.07, 6.45) is 6.63. The molecular formula is C21H23ClN4O. The van der Waals surface area contributed by atoms with Crippen LogP contribution in [0.1, 0.15) is 40.0 Å². The van der Waals surface area contributed by atoms with E-state index < -0.39 is 0 Å². The van der Waals surface area contributed by atoms with E-state index in [0.29, 0.717) is 10.8 Å². The van der Waals surface area contributed by atoms with Crippen LogP contribution in [0.3, 0.4) is 0 Å². The lowest BCUT2D eigenvalue weighted by atomic mass is 9.85. The third-order valence-corrected chi connectivity index (χ3v) is 5.43. The van der Waals surface area contributed by atoms with Crippen LogP contribution in [0.5, 0.6) is 0 Å². The van der Waals surface area contributed by atoms with Crippen molar-refractivity contribution in [3.63, 3.8) is 0 Å². The SMILES string of the molecule is CC(C)(C)n1cc(-c2ccc(Cl)cc2)c2c(NC(=O)C3CCC3)ncnc21. The zero-order chi connectivity index (χ0) is 19.2. The fraction of sp³-hybridized carbons (Fsp3) is 0.381. The minimum Gasteiger partial charge on any atom is -0.326 e. The maximum absolute atomic E-state index is 12.5. The minimum atomic E-state index is -0.160. The highest BCUT2D eigenvalue weighted by atomic mass is 35.5. The lowest BCUT2D eigenvalue weighted by Crippen LogP contribution is -2.28. The summed E-state index contributed by atoms with van der Waals surface area (Å²) in [5.74, 6) is 0.718. The quantitative estimate of drug-likeness (QED) is 0.673. The zero-order valence-electron chi connectivity index (χ0n) is 15.8. The first kappa shape index (κ1) is 18.0. The van der Waals surface area contributed by atoms with Gasteiger partial charge < -0.3 is 9.88 Å². The van der Waals surface area contributed by atoms with Crippen LogP contribution in [0.25, 0.3) is 22.2 Å². The van der Waals surface area contributed by atoms with Gasteiger partial charge in [-0.3, -0.25) is 4.79 Å². The standard InChI is InChI=1S/C21H23ClN4O/c1-21(2,3)26-11-16(13-7-9-15(22)10-8-13)17-18(23-12-24-19(17)26)25-20(27)14-5-4-6-14/h7-12,14H,4-6H2,1-3H3,(H,23,24,25,27). The van der Waals surface area contributed by atoms with Crippen LogP contribution in [0.15, 0.2) is 36.8 Å². The van der Waals surface area contributed by atoms with Gasteiger partial charge in [-0.1, -0.05) is 30.2 Å². The molecule has 0 bridgehead atoms. The lowest BCUT2D eigenvalue weighted by Gasteiger charge is -2.24. The van der Waals surface area contributed by atoms with Gasteiger partial charge in [0.05, 0.1) is 5.39 Å². The van der Waals surface area contributed by atoms with Crippen LogP contribution in [0.2, 0.25) is 5.02 Å². The van der Waals surface area contributed by atoms with E-state index in [2.05, 4.69) is 46.8 Å². The van der Waals surface area contributed by atoms with Crippen molar-refractivity contribution in [2.45, 2.75) is 45.6 Å². The Kier molecular flexibility index (Phi) is 4.42. The van der Waals surface area contributed by atoms with Gasteiger partial charge in [-0.2, -0.15) is 0 Å². The number of hydrogen-bond donors (Lipinski definition) is 1. The number of aromatic nitrogens is 3. The molecule has 0 saturated heterocycles. The monoisotopic (exact) mass is 382 g/mol. The summed E-state index contributed by atoms with van der Waals surface area (Å²) in [6.45, 7) is 6.40. The molecule has 3 aromatic rings. The molecule has 1 aromatic carbocycles. The van der Waals surface area contributed by atoms with Crippen LogP contribution < -0.4 is 5.32 Å². The summed E-state index contributed by atoms with van der Waals surface area (Å²) >= 11 is 6.07. The smallest absolute Gasteiger partial charge is 0.228 e. The maximum atomic E-state index is 12.5. The van der Waals surface area contributed by atoms with E-state index in [4.69, 9.17) is 11.6 Å². The highest BCUT2D eigenvalue weighted by molar-refractivity contribution is 6.30. The third-order valence-electron chi connectivity index (χ3n) is 5.18. The van der Waals surface area contributed by atoms with Crippen molar-refractivity contribution in [3.8, 4) is 11.1 Å². The average Bonchev–Trinajstić information content (AvgIpc) is 2.95. The second-order valence-corrected chi connectivity index (χ2v) is 8.56. The number of halogens is 1. The van der Waals surface area contributed by atoms with Crippen LogP contribution in [-0.2, 0) is 10.3 Å². The van der Waals surface area contributed by atoms with Crippen molar-refractivity contribution in [1.29, 1.82) is 0 Å². The number of rotatable bonds is 3. The second kappa shape index (κ2) is 6.64. The number of nitrogens with one attached hydrogen (secondary N) is 1. The average molecular weight is 383 g/mol. The van der Waals surface area contributed by atoms with E-state index in [1.165, 1.54) is 6.33 Å². The topological polar surface area (TPSA) is 59.8 Å². The fourth-order valence-electron chi connectivity index (χ4n) is 3.41. The molecule has 1 aliphatic rings. The van der Waals surface area contributed by atoms with Crippen molar-refractivity contribution < 1.29 is 4.79 Å². The van der Waals surface area contributed by atoms with Gasteiger partial charge in [-0.05, 0) is 51.3 Å². The molecular weight excluding hydrogens is 360 g/mol. The highest BCUT2D eigenvalue weighted by Crippen LogP contribution is 2.37. The Morgan fingerprint density at radius 2 is 1.89 bits per heavy atom. The molecule has 1 amide bonds. The van der Waals surface area contributed by atoms with E-state index in [0.717, 1.165) is 41.4 Å². The summed E-state index contributed by atoms with van der Waals surface area (Å²) < 4.78 is 2.13. The van der Waals surface area contributed by atoms with Crippen molar-refractivity contribution in [2.24, 2.45) is 5.92 Å². The molecule has 6 heteroatoms. The summed E-state index contributed by atoms with van der Waals surface area (Å²) in [6, 6.07) is 7.70. The van der Waals surface area contributed by atoms with Gasteiger partial charge in [0.15, 0.2) is 0 Å². The molecule has 1 N–H and O–H groups in total. The van der Waals surface area contributed by atoms with Gasteiger partial charge in [0.25, 0.3) is 0 Å². The van der Waals surface area contributed by atoms with Crippen molar-refractivity contribution in [2.75, 3.05) is 5.32 Å². The molecule has 2 heterocycles. The predicted molar refractivity (Wildman–Crippen MR) is 109 cm³/mol. The Morgan fingerprint density at radius 1 is 1.19 bits per heavy atom. The molecule has 27 heavy (non-hydrogen) atoms. The molecule has 0 spiro atoms. The van der Waals surface area contributed by atoms with Gasteiger partial charge in [0.1, 0.15) is 17.8 Å². The Hall–Kier alpha value is -2.40. The summed E-state index contributed by atoms with van der Waals surface area (Å²) in [4.78, 5) is 21.5. The van der Waals surface area contributed by atoms with Crippen LogP contribution in [0, 0.1) is 5.92 Å².